The van der Waals surface area contributed by atoms with Gasteiger partial charge in [0.2, 0.25) is 5.91 Å². The molecule has 0 aliphatic carbocycles. The van der Waals surface area contributed by atoms with Gasteiger partial charge in [-0.3, -0.25) is 9.69 Å². The Labute approximate surface area is 120 Å². The molecule has 1 unspecified atom stereocenters. The third-order valence-corrected chi connectivity index (χ3v) is 4.55. The summed E-state index contributed by atoms with van der Waals surface area (Å²) in [5, 5.41) is 0. The van der Waals surface area contributed by atoms with Crippen LogP contribution in [-0.2, 0) is 4.79 Å². The summed E-state index contributed by atoms with van der Waals surface area (Å²) in [5.74, 6) is 0.262. The Morgan fingerprint density at radius 2 is 2.10 bits per heavy atom. The number of likely N-dealkylation sites (tertiary alicyclic amines) is 2. The van der Waals surface area contributed by atoms with Crippen LogP contribution in [0.5, 0.6) is 0 Å². The first-order valence-electron chi connectivity index (χ1n) is 7.65. The maximum absolute atomic E-state index is 12.5. The second-order valence-electron chi connectivity index (χ2n) is 5.98. The Kier molecular flexibility index (Phi) is 4.08. The number of piperidine rings is 1. The molecule has 3 heterocycles. The fraction of sp³-hybridized carbons (Fsp3) is 0.667. The van der Waals surface area contributed by atoms with E-state index >= 15 is 0 Å². The minimum Gasteiger partial charge on any atom is -0.363 e. The van der Waals surface area contributed by atoms with Crippen molar-refractivity contribution in [1.82, 2.24) is 14.8 Å². The maximum Gasteiger partial charge on any atom is 0.237 e. The van der Waals surface area contributed by atoms with Gasteiger partial charge in [0.25, 0.3) is 0 Å². The SMILES string of the molecule is NC1CCN(CC(=O)N2CCCC2c2ccc[nH]2)CC1. The summed E-state index contributed by atoms with van der Waals surface area (Å²) in [6.45, 7) is 3.33. The van der Waals surface area contributed by atoms with E-state index in [1.165, 1.54) is 0 Å². The third kappa shape index (κ3) is 2.88. The first-order valence-corrected chi connectivity index (χ1v) is 7.65. The summed E-state index contributed by atoms with van der Waals surface area (Å²) in [5.41, 5.74) is 7.07. The second kappa shape index (κ2) is 5.97. The lowest BCUT2D eigenvalue weighted by Gasteiger charge is -2.32. The highest BCUT2D eigenvalue weighted by molar-refractivity contribution is 5.79. The van der Waals surface area contributed by atoms with Crippen molar-refractivity contribution in [2.24, 2.45) is 5.73 Å². The van der Waals surface area contributed by atoms with Gasteiger partial charge in [-0.25, -0.2) is 0 Å². The number of carbonyl (C=O) groups excluding carboxylic acids is 1. The first-order chi connectivity index (χ1) is 9.74. The van der Waals surface area contributed by atoms with Crippen molar-refractivity contribution in [3.8, 4) is 0 Å². The van der Waals surface area contributed by atoms with Gasteiger partial charge in [-0.05, 0) is 37.8 Å². The Bertz CT molecular complexity index is 437. The van der Waals surface area contributed by atoms with Crippen molar-refractivity contribution in [3.63, 3.8) is 0 Å². The molecule has 5 nitrogen and oxygen atoms in total. The van der Waals surface area contributed by atoms with Gasteiger partial charge in [0.05, 0.1) is 12.6 Å². The molecule has 5 heteroatoms. The normalized spacial score (nSPS) is 25.2. The van der Waals surface area contributed by atoms with Gasteiger partial charge in [0.1, 0.15) is 0 Å². The van der Waals surface area contributed by atoms with E-state index in [1.54, 1.807) is 0 Å². The molecule has 1 aromatic heterocycles. The van der Waals surface area contributed by atoms with Crippen molar-refractivity contribution >= 4 is 5.91 Å². The van der Waals surface area contributed by atoms with Crippen molar-refractivity contribution in [2.75, 3.05) is 26.2 Å². The number of nitrogens with two attached hydrogens (primary N) is 1. The standard InChI is InChI=1S/C15H24N4O/c16-12-5-9-18(10-6-12)11-15(20)19-8-2-4-14(19)13-3-1-7-17-13/h1,3,7,12,14,17H,2,4-6,8-11,16H2. The van der Waals surface area contributed by atoms with Gasteiger partial charge in [-0.15, -0.1) is 0 Å². The summed E-state index contributed by atoms with van der Waals surface area (Å²) in [7, 11) is 0. The first kappa shape index (κ1) is 13.6. The summed E-state index contributed by atoms with van der Waals surface area (Å²) in [6.07, 6.45) is 6.11. The number of aromatic amines is 1. The van der Waals surface area contributed by atoms with Crippen LogP contribution in [0.25, 0.3) is 0 Å². The number of nitrogens with one attached hydrogen (secondary N) is 1. The topological polar surface area (TPSA) is 65.4 Å². The number of H-pyrrole nitrogens is 1. The zero-order chi connectivity index (χ0) is 13.9. The lowest BCUT2D eigenvalue weighted by atomic mass is 10.1. The molecule has 1 amide bonds. The minimum absolute atomic E-state index is 0.240. The van der Waals surface area contributed by atoms with Crippen LogP contribution in [-0.4, -0.2) is 52.9 Å². The third-order valence-electron chi connectivity index (χ3n) is 4.55. The number of nitrogens with zero attached hydrogens (tertiary/aromatic N) is 2. The number of aromatic nitrogens is 1. The highest BCUT2D eigenvalue weighted by atomic mass is 16.2. The van der Waals surface area contributed by atoms with Crippen LogP contribution in [0.1, 0.15) is 37.4 Å². The van der Waals surface area contributed by atoms with Crippen LogP contribution in [0.3, 0.4) is 0 Å². The lowest BCUT2D eigenvalue weighted by molar-refractivity contribution is -0.133. The van der Waals surface area contributed by atoms with E-state index < -0.39 is 0 Å². The van der Waals surface area contributed by atoms with Crippen molar-refractivity contribution in [3.05, 3.63) is 24.0 Å². The molecule has 0 spiro atoms. The molecule has 1 aromatic rings. The van der Waals surface area contributed by atoms with Crippen LogP contribution < -0.4 is 5.73 Å². The number of carbonyl (C=O) groups is 1. The molecule has 0 bridgehead atoms. The highest BCUT2D eigenvalue weighted by Crippen LogP contribution is 2.31. The predicted octanol–water partition coefficient (Wildman–Crippen LogP) is 1.10. The molecule has 1 atom stereocenters. The average Bonchev–Trinajstić information content (AvgIpc) is 3.11. The van der Waals surface area contributed by atoms with Gasteiger partial charge >= 0.3 is 0 Å². The summed E-state index contributed by atoms with van der Waals surface area (Å²) < 4.78 is 0. The van der Waals surface area contributed by atoms with E-state index in [4.69, 9.17) is 5.73 Å². The Hall–Kier alpha value is -1.33. The molecule has 2 aliphatic heterocycles. The van der Waals surface area contributed by atoms with E-state index in [0.717, 1.165) is 51.0 Å². The van der Waals surface area contributed by atoms with Crippen LogP contribution in [0, 0.1) is 0 Å². The summed E-state index contributed by atoms with van der Waals surface area (Å²) in [6, 6.07) is 4.64. The Morgan fingerprint density at radius 3 is 2.80 bits per heavy atom. The zero-order valence-electron chi connectivity index (χ0n) is 11.9. The average molecular weight is 276 g/mol. The van der Waals surface area contributed by atoms with Crippen LogP contribution in [0.4, 0.5) is 0 Å². The monoisotopic (exact) mass is 276 g/mol. The molecular formula is C15H24N4O. The molecule has 2 aliphatic rings. The predicted molar refractivity (Wildman–Crippen MR) is 78.1 cm³/mol. The Balaban J connectivity index is 1.59. The quantitative estimate of drug-likeness (QED) is 0.869. The largest absolute Gasteiger partial charge is 0.363 e. The van der Waals surface area contributed by atoms with Crippen LogP contribution >= 0.6 is 0 Å². The molecule has 0 radical (unpaired) electrons. The fourth-order valence-corrected chi connectivity index (χ4v) is 3.33. The number of hydrogen-bond acceptors (Lipinski definition) is 3. The Morgan fingerprint density at radius 1 is 1.30 bits per heavy atom. The molecular weight excluding hydrogens is 252 g/mol. The van der Waals surface area contributed by atoms with E-state index in [2.05, 4.69) is 16.0 Å². The highest BCUT2D eigenvalue weighted by Gasteiger charge is 2.31. The van der Waals surface area contributed by atoms with E-state index in [1.807, 2.05) is 17.2 Å². The molecule has 110 valence electrons. The van der Waals surface area contributed by atoms with Crippen LogP contribution in [0.2, 0.25) is 0 Å². The van der Waals surface area contributed by atoms with Gasteiger partial charge in [-0.2, -0.15) is 0 Å². The molecule has 3 N–H and O–H groups in total. The maximum atomic E-state index is 12.5. The number of hydrogen-bond donors (Lipinski definition) is 2. The molecule has 0 saturated carbocycles. The number of rotatable bonds is 3. The fourth-order valence-electron chi connectivity index (χ4n) is 3.33. The second-order valence-corrected chi connectivity index (χ2v) is 5.98. The molecule has 2 saturated heterocycles. The zero-order valence-corrected chi connectivity index (χ0v) is 11.9. The molecule has 0 aromatic carbocycles. The van der Waals surface area contributed by atoms with E-state index in [0.29, 0.717) is 12.6 Å². The van der Waals surface area contributed by atoms with Gasteiger partial charge < -0.3 is 15.6 Å². The molecule has 2 fully saturated rings. The molecule has 3 rings (SSSR count). The van der Waals surface area contributed by atoms with Gasteiger partial charge in [0.15, 0.2) is 0 Å². The smallest absolute Gasteiger partial charge is 0.237 e. The van der Waals surface area contributed by atoms with Crippen molar-refractivity contribution in [1.29, 1.82) is 0 Å². The summed E-state index contributed by atoms with van der Waals surface area (Å²) >= 11 is 0. The van der Waals surface area contributed by atoms with Gasteiger partial charge in [0, 0.05) is 37.6 Å². The minimum atomic E-state index is 0.240. The van der Waals surface area contributed by atoms with Gasteiger partial charge in [-0.1, -0.05) is 0 Å². The van der Waals surface area contributed by atoms with Crippen LogP contribution in [0.15, 0.2) is 18.3 Å². The van der Waals surface area contributed by atoms with Crippen molar-refractivity contribution < 1.29 is 4.79 Å². The summed E-state index contributed by atoms with van der Waals surface area (Å²) in [4.78, 5) is 20.1. The van der Waals surface area contributed by atoms with Crippen molar-refractivity contribution in [2.45, 2.75) is 37.8 Å². The van der Waals surface area contributed by atoms with E-state index in [9.17, 15) is 4.79 Å². The number of amides is 1. The lowest BCUT2D eigenvalue weighted by Crippen LogP contribution is -2.45. The van der Waals surface area contributed by atoms with E-state index in [-0.39, 0.29) is 11.9 Å². The molecule has 20 heavy (non-hydrogen) atoms.